The Kier molecular flexibility index (Phi) is 8.12. The van der Waals surface area contributed by atoms with E-state index in [-0.39, 0.29) is 35.5 Å². The number of anilines is 2. The van der Waals surface area contributed by atoms with Crippen molar-refractivity contribution in [2.75, 3.05) is 37.9 Å². The maximum atomic E-state index is 13.6. The van der Waals surface area contributed by atoms with Crippen LogP contribution in [0.25, 0.3) is 0 Å². The first kappa shape index (κ1) is 26.2. The van der Waals surface area contributed by atoms with Gasteiger partial charge in [0.05, 0.1) is 18.2 Å². The minimum atomic E-state index is -4.60. The summed E-state index contributed by atoms with van der Waals surface area (Å²) in [6.07, 6.45) is 0.449. The maximum Gasteiger partial charge on any atom is 0.416 e. The first-order valence-electron chi connectivity index (χ1n) is 11.8. The summed E-state index contributed by atoms with van der Waals surface area (Å²) in [5.74, 6) is 0.161. The number of benzene rings is 1. The predicted molar refractivity (Wildman–Crippen MR) is 133 cm³/mol. The van der Waals surface area contributed by atoms with Gasteiger partial charge in [-0.25, -0.2) is 9.97 Å². The van der Waals surface area contributed by atoms with Gasteiger partial charge in [0.15, 0.2) is 0 Å². The number of carbonyl (C=O) groups is 1. The lowest BCUT2D eigenvalue weighted by Gasteiger charge is -2.20. The third-order valence-corrected chi connectivity index (χ3v) is 6.13. The molecule has 1 aromatic carbocycles. The third-order valence-electron chi connectivity index (χ3n) is 6.13. The number of likely N-dealkylation sites (N-methyl/N-ethyl adjacent to an activating group) is 1. The number of pyridine rings is 2. The SMILES string of the molecule is COc1cc(CNc2ncccc2C(=O)Nc2cc(OCC3CCCN3C)cc(C(F)(F)F)c2)ccn1. The number of rotatable bonds is 9. The molecule has 1 fully saturated rings. The van der Waals surface area contributed by atoms with Crippen LogP contribution in [0.4, 0.5) is 24.7 Å². The van der Waals surface area contributed by atoms with Crippen LogP contribution < -0.4 is 20.1 Å². The van der Waals surface area contributed by atoms with Gasteiger partial charge in [0, 0.05) is 42.8 Å². The van der Waals surface area contributed by atoms with Crippen LogP contribution in [-0.2, 0) is 12.7 Å². The van der Waals surface area contributed by atoms with Gasteiger partial charge in [-0.15, -0.1) is 0 Å². The summed E-state index contributed by atoms with van der Waals surface area (Å²) >= 11 is 0. The van der Waals surface area contributed by atoms with Gasteiger partial charge in [-0.05, 0) is 62.3 Å². The number of halogens is 3. The Morgan fingerprint density at radius 2 is 2.00 bits per heavy atom. The number of nitrogens with zero attached hydrogens (tertiary/aromatic N) is 3. The molecule has 0 spiro atoms. The number of carbonyl (C=O) groups excluding carboxylic acids is 1. The second-order valence-corrected chi connectivity index (χ2v) is 8.75. The van der Waals surface area contributed by atoms with Crippen molar-refractivity contribution in [2.45, 2.75) is 31.6 Å². The van der Waals surface area contributed by atoms with Crippen LogP contribution in [0.2, 0.25) is 0 Å². The number of hydrogen-bond acceptors (Lipinski definition) is 7. The van der Waals surface area contributed by atoms with Gasteiger partial charge in [-0.2, -0.15) is 13.2 Å². The van der Waals surface area contributed by atoms with Crippen molar-refractivity contribution in [3.63, 3.8) is 0 Å². The molecule has 8 nitrogen and oxygen atoms in total. The van der Waals surface area contributed by atoms with Gasteiger partial charge in [-0.3, -0.25) is 4.79 Å². The molecule has 37 heavy (non-hydrogen) atoms. The number of aromatic nitrogens is 2. The average molecular weight is 516 g/mol. The van der Waals surface area contributed by atoms with Crippen molar-refractivity contribution in [3.05, 3.63) is 71.5 Å². The molecule has 1 unspecified atom stereocenters. The molecular formula is C26H28F3N5O3. The minimum absolute atomic E-state index is 0.0247. The van der Waals surface area contributed by atoms with E-state index in [0.717, 1.165) is 37.1 Å². The molecule has 0 bridgehead atoms. The van der Waals surface area contributed by atoms with Crippen LogP contribution in [0.5, 0.6) is 11.6 Å². The molecule has 4 rings (SSSR count). The number of alkyl halides is 3. The van der Waals surface area contributed by atoms with E-state index in [4.69, 9.17) is 9.47 Å². The Morgan fingerprint density at radius 1 is 1.16 bits per heavy atom. The fraction of sp³-hybridized carbons (Fsp3) is 0.346. The van der Waals surface area contributed by atoms with Crippen LogP contribution >= 0.6 is 0 Å². The predicted octanol–water partition coefficient (Wildman–Crippen LogP) is 4.84. The highest BCUT2D eigenvalue weighted by atomic mass is 19.4. The molecule has 1 atom stereocenters. The molecule has 1 aliphatic rings. The minimum Gasteiger partial charge on any atom is -0.492 e. The van der Waals surface area contributed by atoms with E-state index in [1.807, 2.05) is 7.05 Å². The second kappa shape index (κ2) is 11.5. The molecule has 11 heteroatoms. The van der Waals surface area contributed by atoms with E-state index in [1.165, 1.54) is 19.4 Å². The smallest absolute Gasteiger partial charge is 0.416 e. The number of methoxy groups -OCH3 is 1. The summed E-state index contributed by atoms with van der Waals surface area (Å²) in [7, 11) is 3.47. The van der Waals surface area contributed by atoms with Gasteiger partial charge in [-0.1, -0.05) is 0 Å². The fourth-order valence-corrected chi connectivity index (χ4v) is 4.09. The molecule has 0 aliphatic carbocycles. The summed E-state index contributed by atoms with van der Waals surface area (Å²) in [5.41, 5.74) is 0.0898. The van der Waals surface area contributed by atoms with E-state index in [0.29, 0.717) is 12.4 Å². The molecule has 1 aliphatic heterocycles. The molecule has 2 aromatic heterocycles. The van der Waals surface area contributed by atoms with Crippen LogP contribution in [0.3, 0.4) is 0 Å². The van der Waals surface area contributed by atoms with Crippen LogP contribution in [0.1, 0.15) is 34.3 Å². The van der Waals surface area contributed by atoms with Crippen LogP contribution in [0, 0.1) is 0 Å². The lowest BCUT2D eigenvalue weighted by molar-refractivity contribution is -0.137. The summed E-state index contributed by atoms with van der Waals surface area (Å²) in [6, 6.07) is 10.0. The Labute approximate surface area is 212 Å². The van der Waals surface area contributed by atoms with Gasteiger partial charge in [0.1, 0.15) is 18.2 Å². The molecule has 3 aromatic rings. The first-order chi connectivity index (χ1) is 17.7. The first-order valence-corrected chi connectivity index (χ1v) is 11.8. The van der Waals surface area contributed by atoms with Crippen molar-refractivity contribution < 1.29 is 27.4 Å². The Bertz CT molecular complexity index is 1240. The van der Waals surface area contributed by atoms with E-state index in [1.54, 1.807) is 30.5 Å². The number of likely N-dealkylation sites (tertiary alicyclic amines) is 1. The van der Waals surface area contributed by atoms with Crippen molar-refractivity contribution in [1.29, 1.82) is 0 Å². The highest BCUT2D eigenvalue weighted by Gasteiger charge is 2.32. The number of ether oxygens (including phenoxy) is 2. The zero-order chi connectivity index (χ0) is 26.4. The lowest BCUT2D eigenvalue weighted by atomic mass is 10.1. The lowest BCUT2D eigenvalue weighted by Crippen LogP contribution is -2.30. The van der Waals surface area contributed by atoms with Gasteiger partial charge in [0.2, 0.25) is 5.88 Å². The van der Waals surface area contributed by atoms with Gasteiger partial charge < -0.3 is 25.0 Å². The highest BCUT2D eigenvalue weighted by molar-refractivity contribution is 6.07. The highest BCUT2D eigenvalue weighted by Crippen LogP contribution is 2.35. The molecule has 1 amide bonds. The quantitative estimate of drug-likeness (QED) is 0.422. The zero-order valence-corrected chi connectivity index (χ0v) is 20.5. The Morgan fingerprint density at radius 3 is 2.73 bits per heavy atom. The van der Waals surface area contributed by atoms with E-state index in [9.17, 15) is 18.0 Å². The molecular weight excluding hydrogens is 487 g/mol. The van der Waals surface area contributed by atoms with Crippen molar-refractivity contribution in [2.24, 2.45) is 0 Å². The Balaban J connectivity index is 1.50. The molecule has 0 radical (unpaired) electrons. The van der Waals surface area contributed by atoms with Gasteiger partial charge >= 0.3 is 6.18 Å². The van der Waals surface area contributed by atoms with E-state index in [2.05, 4.69) is 25.5 Å². The van der Waals surface area contributed by atoms with E-state index < -0.39 is 17.6 Å². The van der Waals surface area contributed by atoms with Crippen molar-refractivity contribution >= 4 is 17.4 Å². The number of nitrogens with one attached hydrogen (secondary N) is 2. The average Bonchev–Trinajstić information content (AvgIpc) is 3.30. The summed E-state index contributed by atoms with van der Waals surface area (Å²) in [5, 5.41) is 5.65. The second-order valence-electron chi connectivity index (χ2n) is 8.75. The Hall–Kier alpha value is -3.86. The summed E-state index contributed by atoms with van der Waals surface area (Å²) in [4.78, 5) is 23.5. The molecule has 3 heterocycles. The molecule has 0 saturated carbocycles. The summed E-state index contributed by atoms with van der Waals surface area (Å²) < 4.78 is 51.6. The summed E-state index contributed by atoms with van der Waals surface area (Å²) in [6.45, 7) is 1.52. The monoisotopic (exact) mass is 515 g/mol. The third kappa shape index (κ3) is 6.88. The van der Waals surface area contributed by atoms with Crippen molar-refractivity contribution in [1.82, 2.24) is 14.9 Å². The van der Waals surface area contributed by atoms with Crippen molar-refractivity contribution in [3.8, 4) is 11.6 Å². The van der Waals surface area contributed by atoms with Crippen LogP contribution in [-0.4, -0.2) is 54.1 Å². The van der Waals surface area contributed by atoms with Crippen LogP contribution in [0.15, 0.2) is 54.9 Å². The van der Waals surface area contributed by atoms with Gasteiger partial charge in [0.25, 0.3) is 5.91 Å². The number of amides is 1. The largest absolute Gasteiger partial charge is 0.492 e. The fourth-order valence-electron chi connectivity index (χ4n) is 4.09. The standard InChI is InChI=1S/C26H28F3N5O3/c1-34-10-4-5-20(34)16-37-21-13-18(26(27,28)29)12-19(14-21)33-25(35)22-6-3-8-31-24(22)32-15-17-7-9-30-23(11-17)36-2/h3,6-9,11-14,20H,4-5,10,15-16H2,1-2H3,(H,31,32)(H,33,35). The van der Waals surface area contributed by atoms with E-state index >= 15 is 0 Å². The maximum absolute atomic E-state index is 13.6. The molecule has 2 N–H and O–H groups in total. The number of hydrogen-bond donors (Lipinski definition) is 2. The molecule has 1 saturated heterocycles. The topological polar surface area (TPSA) is 88.6 Å². The molecule has 196 valence electrons. The normalized spacial score (nSPS) is 15.9. The zero-order valence-electron chi connectivity index (χ0n) is 20.5.